The summed E-state index contributed by atoms with van der Waals surface area (Å²) in [7, 11) is 0. The van der Waals surface area contributed by atoms with E-state index in [0.717, 1.165) is 36.5 Å². The Labute approximate surface area is 143 Å². The molecule has 3 heterocycles. The average Bonchev–Trinajstić information content (AvgIpc) is 3.21. The fourth-order valence-electron chi connectivity index (χ4n) is 2.73. The van der Waals surface area contributed by atoms with Crippen molar-refractivity contribution in [1.29, 1.82) is 0 Å². The number of fused-ring (bicyclic) bond motifs is 1. The second-order valence-corrected chi connectivity index (χ2v) is 6.48. The minimum Gasteiger partial charge on any atom is -0.462 e. The van der Waals surface area contributed by atoms with Gasteiger partial charge in [-0.15, -0.1) is 11.3 Å². The van der Waals surface area contributed by atoms with Crippen molar-refractivity contribution in [2.45, 2.75) is 26.8 Å². The van der Waals surface area contributed by atoms with Crippen molar-refractivity contribution < 1.29 is 18.8 Å². The highest BCUT2D eigenvalue weighted by atomic mass is 32.1. The van der Waals surface area contributed by atoms with Gasteiger partial charge in [0.25, 0.3) is 5.91 Å². The van der Waals surface area contributed by atoms with Crippen LogP contribution in [0.5, 0.6) is 0 Å². The number of thiophene rings is 1. The molecule has 0 unspecified atom stereocenters. The number of esters is 1. The zero-order valence-corrected chi connectivity index (χ0v) is 14.4. The second kappa shape index (κ2) is 7.14. The third kappa shape index (κ3) is 3.20. The van der Waals surface area contributed by atoms with Crippen LogP contribution in [0, 0.1) is 0 Å². The highest BCUT2D eigenvalue weighted by molar-refractivity contribution is 7.17. The lowest BCUT2D eigenvalue weighted by molar-refractivity contribution is 0.0526. The molecule has 0 saturated carbocycles. The minimum atomic E-state index is -0.427. The maximum Gasteiger partial charge on any atom is 0.341 e. The largest absolute Gasteiger partial charge is 0.462 e. The van der Waals surface area contributed by atoms with Gasteiger partial charge in [-0.25, -0.2) is 4.79 Å². The van der Waals surface area contributed by atoms with Gasteiger partial charge in [0, 0.05) is 24.0 Å². The molecule has 1 N–H and O–H groups in total. The highest BCUT2D eigenvalue weighted by Gasteiger charge is 2.29. The Hall–Kier alpha value is -2.19. The Kier molecular flexibility index (Phi) is 4.96. The van der Waals surface area contributed by atoms with Crippen LogP contribution >= 0.6 is 11.3 Å². The first-order valence-electron chi connectivity index (χ1n) is 7.90. The molecule has 8 heteroatoms. The van der Waals surface area contributed by atoms with E-state index in [1.54, 1.807) is 6.92 Å². The van der Waals surface area contributed by atoms with E-state index in [9.17, 15) is 9.59 Å². The summed E-state index contributed by atoms with van der Waals surface area (Å²) in [6, 6.07) is 1.48. The van der Waals surface area contributed by atoms with E-state index < -0.39 is 11.9 Å². The Morgan fingerprint density at radius 3 is 2.96 bits per heavy atom. The van der Waals surface area contributed by atoms with Crippen LogP contribution in [0.15, 0.2) is 16.8 Å². The summed E-state index contributed by atoms with van der Waals surface area (Å²) in [6.45, 7) is 6.79. The number of aromatic nitrogens is 1. The summed E-state index contributed by atoms with van der Waals surface area (Å²) >= 11 is 1.42. The molecule has 0 aromatic carbocycles. The Bertz CT molecular complexity index is 739. The molecule has 0 atom stereocenters. The Morgan fingerprint density at radius 2 is 2.29 bits per heavy atom. The van der Waals surface area contributed by atoms with Crippen molar-refractivity contribution in [2.75, 3.05) is 25.0 Å². The van der Waals surface area contributed by atoms with E-state index >= 15 is 0 Å². The van der Waals surface area contributed by atoms with E-state index in [0.29, 0.717) is 17.2 Å². The molecule has 0 bridgehead atoms. The van der Waals surface area contributed by atoms with Crippen molar-refractivity contribution in [3.63, 3.8) is 0 Å². The smallest absolute Gasteiger partial charge is 0.341 e. The maximum absolute atomic E-state index is 12.4. The van der Waals surface area contributed by atoms with E-state index in [1.165, 1.54) is 23.6 Å². The SMILES string of the molecule is CCOC(=O)c1c(NC(=O)c2ccno2)sc2c1CCN(CC)C2. The van der Waals surface area contributed by atoms with Crippen LogP contribution in [-0.2, 0) is 17.7 Å². The molecule has 7 nitrogen and oxygen atoms in total. The molecule has 0 spiro atoms. The van der Waals surface area contributed by atoms with Crippen LogP contribution in [0.2, 0.25) is 0 Å². The number of nitrogens with one attached hydrogen (secondary N) is 1. The lowest BCUT2D eigenvalue weighted by atomic mass is 10.0. The van der Waals surface area contributed by atoms with Crippen molar-refractivity contribution in [2.24, 2.45) is 0 Å². The van der Waals surface area contributed by atoms with Crippen molar-refractivity contribution >= 4 is 28.2 Å². The first-order valence-corrected chi connectivity index (χ1v) is 8.71. The van der Waals surface area contributed by atoms with Crippen LogP contribution in [0.4, 0.5) is 5.00 Å². The molecular formula is C16H19N3O4S. The number of rotatable bonds is 5. The van der Waals surface area contributed by atoms with Gasteiger partial charge in [-0.05, 0) is 25.5 Å². The number of hydrogen-bond acceptors (Lipinski definition) is 7. The van der Waals surface area contributed by atoms with Crippen molar-refractivity contribution in [1.82, 2.24) is 10.1 Å². The first-order chi connectivity index (χ1) is 11.6. The topological polar surface area (TPSA) is 84.7 Å². The van der Waals surface area contributed by atoms with Gasteiger partial charge in [-0.2, -0.15) is 0 Å². The zero-order chi connectivity index (χ0) is 17.1. The van der Waals surface area contributed by atoms with E-state index in [4.69, 9.17) is 9.26 Å². The third-order valence-electron chi connectivity index (χ3n) is 3.95. The van der Waals surface area contributed by atoms with Gasteiger partial charge < -0.3 is 14.6 Å². The summed E-state index contributed by atoms with van der Waals surface area (Å²) in [4.78, 5) is 28.0. The predicted octanol–water partition coefficient (Wildman–Crippen LogP) is 2.54. The molecule has 24 heavy (non-hydrogen) atoms. The molecule has 0 fully saturated rings. The molecule has 2 aromatic heterocycles. The molecule has 2 aromatic rings. The normalized spacial score (nSPS) is 14.2. The van der Waals surface area contributed by atoms with Gasteiger partial charge >= 0.3 is 5.97 Å². The molecule has 3 rings (SSSR count). The first kappa shape index (κ1) is 16.7. The quantitative estimate of drug-likeness (QED) is 0.835. The number of hydrogen-bond donors (Lipinski definition) is 1. The van der Waals surface area contributed by atoms with Crippen LogP contribution < -0.4 is 5.32 Å². The van der Waals surface area contributed by atoms with Crippen LogP contribution in [-0.4, -0.2) is 41.6 Å². The summed E-state index contributed by atoms with van der Waals surface area (Å²) < 4.78 is 10.1. The van der Waals surface area contributed by atoms with Gasteiger partial charge in [-0.1, -0.05) is 12.1 Å². The van der Waals surface area contributed by atoms with E-state index in [1.807, 2.05) is 0 Å². The molecule has 1 amide bonds. The molecule has 0 saturated heterocycles. The summed E-state index contributed by atoms with van der Waals surface area (Å²) in [5, 5.41) is 6.81. The summed E-state index contributed by atoms with van der Waals surface area (Å²) in [5.41, 5.74) is 1.46. The summed E-state index contributed by atoms with van der Waals surface area (Å²) in [6.07, 6.45) is 2.17. The number of nitrogens with zero attached hydrogens (tertiary/aromatic N) is 2. The fraction of sp³-hybridized carbons (Fsp3) is 0.438. The third-order valence-corrected chi connectivity index (χ3v) is 5.08. The average molecular weight is 349 g/mol. The number of amides is 1. The van der Waals surface area contributed by atoms with Crippen molar-refractivity contribution in [3.05, 3.63) is 34.0 Å². The number of anilines is 1. The van der Waals surface area contributed by atoms with Gasteiger partial charge in [0.05, 0.1) is 18.4 Å². The molecular weight excluding hydrogens is 330 g/mol. The molecule has 0 radical (unpaired) electrons. The Balaban J connectivity index is 1.93. The van der Waals surface area contributed by atoms with Crippen LogP contribution in [0.3, 0.4) is 0 Å². The lowest BCUT2D eigenvalue weighted by Gasteiger charge is -2.25. The van der Waals surface area contributed by atoms with Crippen LogP contribution in [0.1, 0.15) is 45.2 Å². The van der Waals surface area contributed by atoms with Gasteiger partial charge in [0.15, 0.2) is 0 Å². The summed E-state index contributed by atoms with van der Waals surface area (Å²) in [5.74, 6) is -0.719. The van der Waals surface area contributed by atoms with E-state index in [2.05, 4.69) is 22.3 Å². The fourth-order valence-corrected chi connectivity index (χ4v) is 4.00. The van der Waals surface area contributed by atoms with Gasteiger partial charge in [0.1, 0.15) is 5.00 Å². The van der Waals surface area contributed by atoms with Gasteiger partial charge in [0.2, 0.25) is 5.76 Å². The van der Waals surface area contributed by atoms with Gasteiger partial charge in [-0.3, -0.25) is 9.69 Å². The predicted molar refractivity (Wildman–Crippen MR) is 89.4 cm³/mol. The number of ether oxygens (including phenoxy) is 1. The van der Waals surface area contributed by atoms with E-state index in [-0.39, 0.29) is 5.76 Å². The maximum atomic E-state index is 12.4. The molecule has 128 valence electrons. The number of carbonyl (C=O) groups is 2. The molecule has 1 aliphatic rings. The van der Waals surface area contributed by atoms with Crippen LogP contribution in [0.25, 0.3) is 0 Å². The minimum absolute atomic E-state index is 0.103. The van der Waals surface area contributed by atoms with Crippen molar-refractivity contribution in [3.8, 4) is 0 Å². The molecule has 1 aliphatic heterocycles. The standard InChI is InChI=1S/C16H19N3O4S/c1-3-19-8-6-10-12(9-19)24-15(13(10)16(21)22-4-2)18-14(20)11-5-7-17-23-11/h5,7H,3-4,6,8-9H2,1-2H3,(H,18,20). The monoisotopic (exact) mass is 349 g/mol. The number of likely N-dealkylation sites (N-methyl/N-ethyl adjacent to an activating group) is 1. The molecule has 0 aliphatic carbocycles. The lowest BCUT2D eigenvalue weighted by Crippen LogP contribution is -2.30. The second-order valence-electron chi connectivity index (χ2n) is 5.38. The zero-order valence-electron chi connectivity index (χ0n) is 13.6. The highest BCUT2D eigenvalue weighted by Crippen LogP contribution is 2.37. The number of carbonyl (C=O) groups excluding carboxylic acids is 2. The Morgan fingerprint density at radius 1 is 1.46 bits per heavy atom.